The SMILES string of the molecule is CCC(=O)OC.II. The van der Waals surface area contributed by atoms with Crippen molar-refractivity contribution in [3.05, 3.63) is 0 Å². The van der Waals surface area contributed by atoms with E-state index in [2.05, 4.69) is 42.0 Å². The summed E-state index contributed by atoms with van der Waals surface area (Å²) in [5.41, 5.74) is 0. The molecule has 50 valence electrons. The van der Waals surface area contributed by atoms with Gasteiger partial charge in [0.25, 0.3) is 0 Å². The summed E-state index contributed by atoms with van der Waals surface area (Å²) in [5.74, 6) is -0.157. The lowest BCUT2D eigenvalue weighted by Crippen LogP contribution is -1.94. The Labute approximate surface area is 72.7 Å². The summed E-state index contributed by atoms with van der Waals surface area (Å²) in [6.07, 6.45) is 0.469. The van der Waals surface area contributed by atoms with E-state index in [-0.39, 0.29) is 5.97 Å². The van der Waals surface area contributed by atoms with Crippen LogP contribution in [-0.4, -0.2) is 13.1 Å². The molecule has 0 aromatic rings. The van der Waals surface area contributed by atoms with E-state index < -0.39 is 0 Å². The fraction of sp³-hybridized carbons (Fsp3) is 0.750. The second-order valence-electron chi connectivity index (χ2n) is 0.930. The quantitative estimate of drug-likeness (QED) is 0.540. The highest BCUT2D eigenvalue weighted by Crippen LogP contribution is 1.89. The molecular weight excluding hydrogens is 334 g/mol. The van der Waals surface area contributed by atoms with Crippen LogP contribution < -0.4 is 0 Å². The average molecular weight is 342 g/mol. The van der Waals surface area contributed by atoms with Crippen LogP contribution in [0.25, 0.3) is 0 Å². The Morgan fingerprint density at radius 3 is 2.00 bits per heavy atom. The zero-order chi connectivity index (χ0) is 6.99. The molecule has 2 nitrogen and oxygen atoms in total. The molecule has 0 aromatic carbocycles. The lowest BCUT2D eigenvalue weighted by Gasteiger charge is -1.87. The van der Waals surface area contributed by atoms with Crippen molar-refractivity contribution in [1.82, 2.24) is 0 Å². The van der Waals surface area contributed by atoms with Crippen LogP contribution in [0.5, 0.6) is 0 Å². The van der Waals surface area contributed by atoms with Crippen LogP contribution in [-0.2, 0) is 9.53 Å². The first kappa shape index (κ1) is 11.7. The largest absolute Gasteiger partial charge is 0.469 e. The number of hydrogen-bond donors (Lipinski definition) is 0. The topological polar surface area (TPSA) is 26.3 Å². The maximum absolute atomic E-state index is 9.96. The minimum Gasteiger partial charge on any atom is -0.469 e. The first-order valence-corrected chi connectivity index (χ1v) is 8.31. The molecule has 8 heavy (non-hydrogen) atoms. The number of ether oxygens (including phenoxy) is 1. The molecule has 0 rings (SSSR count). The number of methoxy groups -OCH3 is 1. The fourth-order valence-corrected chi connectivity index (χ4v) is 0.144. The smallest absolute Gasteiger partial charge is 0.305 e. The minimum absolute atomic E-state index is 0.157. The molecule has 0 heterocycles. The molecule has 0 amide bonds. The lowest BCUT2D eigenvalue weighted by molar-refractivity contribution is -0.140. The van der Waals surface area contributed by atoms with Gasteiger partial charge < -0.3 is 4.74 Å². The Hall–Kier alpha value is 0.930. The van der Waals surface area contributed by atoms with E-state index in [1.54, 1.807) is 6.92 Å². The van der Waals surface area contributed by atoms with Crippen LogP contribution in [0.4, 0.5) is 0 Å². The maximum atomic E-state index is 9.96. The van der Waals surface area contributed by atoms with E-state index in [0.29, 0.717) is 6.42 Å². The number of hydrogen-bond acceptors (Lipinski definition) is 2. The predicted molar refractivity (Wildman–Crippen MR) is 50.3 cm³/mol. The minimum atomic E-state index is -0.157. The number of esters is 1. The van der Waals surface area contributed by atoms with E-state index in [9.17, 15) is 4.79 Å². The molecule has 0 fully saturated rings. The zero-order valence-electron chi connectivity index (χ0n) is 4.78. The van der Waals surface area contributed by atoms with Gasteiger partial charge in [0.05, 0.1) is 7.11 Å². The van der Waals surface area contributed by atoms with E-state index in [0.717, 1.165) is 0 Å². The fourth-order valence-electron chi connectivity index (χ4n) is 0.144. The Balaban J connectivity index is 0. The molecule has 0 aromatic heterocycles. The predicted octanol–water partition coefficient (Wildman–Crippen LogP) is 2.34. The van der Waals surface area contributed by atoms with Gasteiger partial charge in [-0.05, 0) is 0 Å². The molecule has 0 spiro atoms. The second-order valence-corrected chi connectivity index (χ2v) is 0.930. The summed E-state index contributed by atoms with van der Waals surface area (Å²) in [7, 11) is 1.38. The molecule has 4 heteroatoms. The highest BCUT2D eigenvalue weighted by molar-refractivity contribution is 15.0. The third-order valence-electron chi connectivity index (χ3n) is 0.516. The number of rotatable bonds is 1. The van der Waals surface area contributed by atoms with Crippen LogP contribution in [0.2, 0.25) is 0 Å². The molecule has 0 bridgehead atoms. The summed E-state index contributed by atoms with van der Waals surface area (Å²) in [5, 5.41) is 0. The van der Waals surface area contributed by atoms with Crippen LogP contribution >= 0.6 is 37.2 Å². The van der Waals surface area contributed by atoms with Crippen LogP contribution in [0.15, 0.2) is 0 Å². The van der Waals surface area contributed by atoms with E-state index >= 15 is 0 Å². The van der Waals surface area contributed by atoms with Gasteiger partial charge in [-0.2, -0.15) is 0 Å². The number of carbonyl (C=O) groups is 1. The van der Waals surface area contributed by atoms with E-state index in [1.165, 1.54) is 7.11 Å². The van der Waals surface area contributed by atoms with Crippen molar-refractivity contribution in [2.24, 2.45) is 0 Å². The van der Waals surface area contributed by atoms with Crippen LogP contribution in [0, 0.1) is 0 Å². The molecular formula is C4H8I2O2. The highest BCUT2D eigenvalue weighted by Gasteiger charge is 1.87. The van der Waals surface area contributed by atoms with Crippen molar-refractivity contribution in [2.75, 3.05) is 7.11 Å². The molecule has 0 radical (unpaired) electrons. The molecule has 0 aliphatic heterocycles. The van der Waals surface area contributed by atoms with Gasteiger partial charge in [0, 0.05) is 43.7 Å². The van der Waals surface area contributed by atoms with Crippen molar-refractivity contribution in [1.29, 1.82) is 0 Å². The first-order chi connectivity index (χ1) is 3.81. The normalized spacial score (nSPS) is 6.50. The maximum Gasteiger partial charge on any atom is 0.305 e. The Morgan fingerprint density at radius 1 is 1.62 bits per heavy atom. The molecule has 0 unspecified atom stereocenters. The van der Waals surface area contributed by atoms with Gasteiger partial charge in [0.15, 0.2) is 0 Å². The monoisotopic (exact) mass is 342 g/mol. The summed E-state index contributed by atoms with van der Waals surface area (Å²) >= 11 is 4.24. The first-order valence-electron chi connectivity index (χ1n) is 2.02. The Bertz CT molecular complexity index is 50.0. The standard InChI is InChI=1S/C4H8O2.I2/c1-3-4(5)6-2;1-2/h3H2,1-2H3;. The van der Waals surface area contributed by atoms with Crippen molar-refractivity contribution in [3.8, 4) is 0 Å². The summed E-state index contributed by atoms with van der Waals surface area (Å²) in [4.78, 5) is 9.96. The van der Waals surface area contributed by atoms with Gasteiger partial charge in [-0.1, -0.05) is 6.92 Å². The summed E-state index contributed by atoms with van der Waals surface area (Å²) in [6, 6.07) is 0. The molecule has 0 saturated heterocycles. The van der Waals surface area contributed by atoms with Gasteiger partial charge in [0.1, 0.15) is 0 Å². The number of halogens is 2. The highest BCUT2D eigenvalue weighted by atomic mass is 128. The van der Waals surface area contributed by atoms with Crippen molar-refractivity contribution in [3.63, 3.8) is 0 Å². The third kappa shape index (κ3) is 10.0. The van der Waals surface area contributed by atoms with Crippen molar-refractivity contribution in [2.45, 2.75) is 13.3 Å². The molecule has 0 aliphatic rings. The van der Waals surface area contributed by atoms with Gasteiger partial charge in [-0.15, -0.1) is 0 Å². The van der Waals surface area contributed by atoms with Crippen molar-refractivity contribution < 1.29 is 9.53 Å². The summed E-state index contributed by atoms with van der Waals surface area (Å²) in [6.45, 7) is 1.76. The van der Waals surface area contributed by atoms with Crippen LogP contribution in [0.1, 0.15) is 13.3 Å². The Kier molecular flexibility index (Phi) is 15.8. The van der Waals surface area contributed by atoms with Gasteiger partial charge in [0.2, 0.25) is 0 Å². The molecule has 0 N–H and O–H groups in total. The summed E-state index contributed by atoms with van der Waals surface area (Å²) < 4.78 is 4.26. The average Bonchev–Trinajstić information content (AvgIpc) is 1.91. The van der Waals surface area contributed by atoms with Gasteiger partial charge >= 0.3 is 5.97 Å². The van der Waals surface area contributed by atoms with E-state index in [1.807, 2.05) is 0 Å². The molecule has 0 saturated carbocycles. The van der Waals surface area contributed by atoms with Gasteiger partial charge in [-0.25, -0.2) is 0 Å². The second kappa shape index (κ2) is 10.8. The zero-order valence-corrected chi connectivity index (χ0v) is 9.09. The van der Waals surface area contributed by atoms with E-state index in [4.69, 9.17) is 0 Å². The van der Waals surface area contributed by atoms with Crippen molar-refractivity contribution >= 4 is 43.2 Å². The Morgan fingerprint density at radius 2 is 2.00 bits per heavy atom. The molecule has 0 aliphatic carbocycles. The lowest BCUT2D eigenvalue weighted by atomic mass is 10.5. The number of carbonyl (C=O) groups excluding carboxylic acids is 1. The van der Waals surface area contributed by atoms with Gasteiger partial charge in [-0.3, -0.25) is 4.79 Å². The molecule has 0 atom stereocenters. The van der Waals surface area contributed by atoms with Crippen LogP contribution in [0.3, 0.4) is 0 Å². The third-order valence-corrected chi connectivity index (χ3v) is 0.516.